The lowest BCUT2D eigenvalue weighted by Crippen LogP contribution is -2.21. The average Bonchev–Trinajstić information content (AvgIpc) is 2.17. The van der Waals surface area contributed by atoms with E-state index in [0.717, 1.165) is 32.1 Å². The summed E-state index contributed by atoms with van der Waals surface area (Å²) in [6, 6.07) is 0.224. The van der Waals surface area contributed by atoms with Crippen LogP contribution in [0.15, 0.2) is 0 Å². The fourth-order valence-electron chi connectivity index (χ4n) is 1.64. The van der Waals surface area contributed by atoms with Crippen LogP contribution in [0.2, 0.25) is 0 Å². The van der Waals surface area contributed by atoms with Crippen molar-refractivity contribution in [3.05, 3.63) is 0 Å². The maximum atomic E-state index is 11.7. The van der Waals surface area contributed by atoms with Crippen LogP contribution in [0, 0.1) is 5.92 Å². The predicted molar refractivity (Wildman–Crippen MR) is 67.1 cm³/mol. The molecule has 0 aliphatic heterocycles. The third-order valence-corrected chi connectivity index (χ3v) is 2.71. The first-order valence-corrected chi connectivity index (χ1v) is 6.43. The number of hydrogen-bond donors (Lipinski definition) is 1. The van der Waals surface area contributed by atoms with Crippen molar-refractivity contribution in [3.8, 4) is 0 Å². The lowest BCUT2D eigenvalue weighted by Gasteiger charge is -2.16. The summed E-state index contributed by atoms with van der Waals surface area (Å²) in [7, 11) is 0. The smallest absolute Gasteiger partial charge is 0.308 e. The molecular weight excluding hydrogens is 202 g/mol. The Bertz CT molecular complexity index is 192. The van der Waals surface area contributed by atoms with E-state index in [9.17, 15) is 4.79 Å². The molecule has 96 valence electrons. The maximum absolute atomic E-state index is 11.7. The van der Waals surface area contributed by atoms with Gasteiger partial charge in [0.1, 0.15) is 0 Å². The minimum absolute atomic E-state index is 0.00180. The zero-order valence-electron chi connectivity index (χ0n) is 11.2. The van der Waals surface area contributed by atoms with Crippen LogP contribution in [0.1, 0.15) is 59.8 Å². The van der Waals surface area contributed by atoms with E-state index < -0.39 is 0 Å². The summed E-state index contributed by atoms with van der Waals surface area (Å²) < 4.78 is 5.34. The van der Waals surface area contributed by atoms with Gasteiger partial charge in [-0.05, 0) is 33.1 Å². The first kappa shape index (κ1) is 15.4. The summed E-state index contributed by atoms with van der Waals surface area (Å²) in [6.07, 6.45) is 4.89. The Morgan fingerprint density at radius 2 is 1.81 bits per heavy atom. The number of carbonyl (C=O) groups excluding carboxylic acids is 1. The molecule has 3 unspecified atom stereocenters. The first-order chi connectivity index (χ1) is 7.47. The van der Waals surface area contributed by atoms with Crippen LogP contribution in [0.3, 0.4) is 0 Å². The molecule has 0 amide bonds. The van der Waals surface area contributed by atoms with Gasteiger partial charge in [-0.15, -0.1) is 0 Å². The minimum Gasteiger partial charge on any atom is -0.462 e. The van der Waals surface area contributed by atoms with Crippen molar-refractivity contribution < 1.29 is 9.53 Å². The van der Waals surface area contributed by atoms with Gasteiger partial charge >= 0.3 is 5.97 Å². The molecule has 0 radical (unpaired) electrons. The van der Waals surface area contributed by atoms with E-state index in [1.54, 1.807) is 0 Å². The molecule has 0 fully saturated rings. The largest absolute Gasteiger partial charge is 0.462 e. The topological polar surface area (TPSA) is 52.3 Å². The van der Waals surface area contributed by atoms with E-state index in [-0.39, 0.29) is 24.0 Å². The Balaban J connectivity index is 3.72. The van der Waals surface area contributed by atoms with Gasteiger partial charge in [0.05, 0.1) is 12.0 Å². The fraction of sp³-hybridized carbons (Fsp3) is 0.923. The van der Waals surface area contributed by atoms with Gasteiger partial charge in [-0.2, -0.15) is 0 Å². The van der Waals surface area contributed by atoms with Crippen LogP contribution in [0.5, 0.6) is 0 Å². The van der Waals surface area contributed by atoms with E-state index in [1.165, 1.54) is 0 Å². The molecule has 0 rings (SSSR count). The quantitative estimate of drug-likeness (QED) is 0.651. The monoisotopic (exact) mass is 229 g/mol. The lowest BCUT2D eigenvalue weighted by atomic mass is 10.0. The van der Waals surface area contributed by atoms with Gasteiger partial charge in [-0.25, -0.2) is 0 Å². The molecule has 0 bridgehead atoms. The van der Waals surface area contributed by atoms with Gasteiger partial charge < -0.3 is 10.5 Å². The minimum atomic E-state index is -0.0642. The van der Waals surface area contributed by atoms with Crippen molar-refractivity contribution in [1.29, 1.82) is 0 Å². The van der Waals surface area contributed by atoms with Crippen molar-refractivity contribution in [2.75, 3.05) is 0 Å². The summed E-state index contributed by atoms with van der Waals surface area (Å²) in [5, 5.41) is 0. The summed E-state index contributed by atoms with van der Waals surface area (Å²) >= 11 is 0. The molecule has 2 N–H and O–H groups in total. The van der Waals surface area contributed by atoms with Gasteiger partial charge in [0, 0.05) is 6.04 Å². The van der Waals surface area contributed by atoms with Crippen LogP contribution in [-0.2, 0) is 9.53 Å². The fourth-order valence-corrected chi connectivity index (χ4v) is 1.64. The Kier molecular flexibility index (Phi) is 8.26. The highest BCUT2D eigenvalue weighted by Gasteiger charge is 2.16. The van der Waals surface area contributed by atoms with Crippen LogP contribution >= 0.6 is 0 Å². The second kappa shape index (κ2) is 8.57. The third kappa shape index (κ3) is 7.69. The molecule has 0 aromatic carbocycles. The highest BCUT2D eigenvalue weighted by Crippen LogP contribution is 2.13. The molecular formula is C13H27NO2. The van der Waals surface area contributed by atoms with Crippen molar-refractivity contribution in [2.24, 2.45) is 11.7 Å². The molecule has 3 atom stereocenters. The highest BCUT2D eigenvalue weighted by molar-refractivity contribution is 5.72. The Morgan fingerprint density at radius 1 is 1.19 bits per heavy atom. The van der Waals surface area contributed by atoms with Crippen LogP contribution < -0.4 is 5.73 Å². The second-order valence-corrected chi connectivity index (χ2v) is 4.85. The van der Waals surface area contributed by atoms with E-state index in [4.69, 9.17) is 10.5 Å². The molecule has 0 aromatic heterocycles. The van der Waals surface area contributed by atoms with E-state index in [2.05, 4.69) is 6.92 Å². The summed E-state index contributed by atoms with van der Waals surface area (Å²) in [5.74, 6) is -0.0660. The SMILES string of the molecule is CCCC(C)OC(=O)C(C)CCCC(C)N. The van der Waals surface area contributed by atoms with E-state index >= 15 is 0 Å². The number of carbonyl (C=O) groups is 1. The van der Waals surface area contributed by atoms with Gasteiger partial charge in [-0.3, -0.25) is 4.79 Å². The second-order valence-electron chi connectivity index (χ2n) is 4.85. The molecule has 0 saturated heterocycles. The normalized spacial score (nSPS) is 16.6. The molecule has 0 aliphatic rings. The molecule has 0 heterocycles. The molecule has 3 heteroatoms. The molecule has 16 heavy (non-hydrogen) atoms. The lowest BCUT2D eigenvalue weighted by molar-refractivity contribution is -0.153. The Labute approximate surface area is 99.7 Å². The zero-order valence-corrected chi connectivity index (χ0v) is 11.2. The van der Waals surface area contributed by atoms with Gasteiger partial charge in [0.15, 0.2) is 0 Å². The van der Waals surface area contributed by atoms with Gasteiger partial charge in [0.25, 0.3) is 0 Å². The standard InChI is InChI=1S/C13H27NO2/c1-5-7-12(4)16-13(15)10(2)8-6-9-11(3)14/h10-12H,5-9,14H2,1-4H3. The number of ether oxygens (including phenoxy) is 1. The summed E-state index contributed by atoms with van der Waals surface area (Å²) in [6.45, 7) is 7.97. The van der Waals surface area contributed by atoms with Crippen LogP contribution in [-0.4, -0.2) is 18.1 Å². The van der Waals surface area contributed by atoms with Gasteiger partial charge in [0.2, 0.25) is 0 Å². The maximum Gasteiger partial charge on any atom is 0.308 e. The van der Waals surface area contributed by atoms with Gasteiger partial charge in [-0.1, -0.05) is 26.7 Å². The van der Waals surface area contributed by atoms with Crippen LogP contribution in [0.4, 0.5) is 0 Å². The molecule has 0 aliphatic carbocycles. The molecule has 0 spiro atoms. The number of hydrogen-bond acceptors (Lipinski definition) is 3. The predicted octanol–water partition coefficient (Wildman–Crippen LogP) is 2.87. The molecule has 0 aromatic rings. The summed E-state index contributed by atoms with van der Waals surface area (Å²) in [5.41, 5.74) is 5.66. The highest BCUT2D eigenvalue weighted by atomic mass is 16.5. The van der Waals surface area contributed by atoms with E-state index in [0.29, 0.717) is 0 Å². The number of esters is 1. The zero-order chi connectivity index (χ0) is 12.6. The summed E-state index contributed by atoms with van der Waals surface area (Å²) in [4.78, 5) is 11.7. The third-order valence-electron chi connectivity index (χ3n) is 2.71. The van der Waals surface area contributed by atoms with Crippen LogP contribution in [0.25, 0.3) is 0 Å². The average molecular weight is 229 g/mol. The van der Waals surface area contributed by atoms with E-state index in [1.807, 2.05) is 20.8 Å². The number of rotatable bonds is 8. The van der Waals surface area contributed by atoms with Crippen molar-refractivity contribution >= 4 is 5.97 Å². The van der Waals surface area contributed by atoms with Crippen molar-refractivity contribution in [3.63, 3.8) is 0 Å². The molecule has 0 saturated carbocycles. The Morgan fingerprint density at radius 3 is 2.31 bits per heavy atom. The van der Waals surface area contributed by atoms with Crippen molar-refractivity contribution in [2.45, 2.75) is 71.9 Å². The first-order valence-electron chi connectivity index (χ1n) is 6.43. The number of nitrogens with two attached hydrogens (primary N) is 1. The molecule has 3 nitrogen and oxygen atoms in total. The van der Waals surface area contributed by atoms with Crippen molar-refractivity contribution in [1.82, 2.24) is 0 Å². The Hall–Kier alpha value is -0.570.